The first kappa shape index (κ1) is 16.9. The van der Waals surface area contributed by atoms with Gasteiger partial charge >= 0.3 is 0 Å². The molecule has 1 aromatic rings. The van der Waals surface area contributed by atoms with Crippen molar-refractivity contribution in [3.05, 3.63) is 16.1 Å². The highest BCUT2D eigenvalue weighted by atomic mass is 32.1. The Labute approximate surface area is 133 Å². The van der Waals surface area contributed by atoms with Crippen LogP contribution in [0.5, 0.6) is 0 Å². The fraction of sp³-hybridized carbons (Fsp3) is 0.824. The fourth-order valence-corrected chi connectivity index (χ4v) is 4.13. The zero-order valence-electron chi connectivity index (χ0n) is 14.0. The van der Waals surface area contributed by atoms with Crippen LogP contribution in [0.4, 0.5) is 0 Å². The number of likely N-dealkylation sites (tertiary alicyclic amines) is 1. The van der Waals surface area contributed by atoms with Crippen molar-refractivity contribution in [1.29, 1.82) is 0 Å². The Bertz CT molecular complexity index is 452. The first-order valence-corrected chi connectivity index (χ1v) is 9.10. The van der Waals surface area contributed by atoms with E-state index in [-0.39, 0.29) is 5.41 Å². The van der Waals surface area contributed by atoms with Crippen molar-refractivity contribution >= 4 is 11.3 Å². The Hall–Kier alpha value is -0.450. The van der Waals surface area contributed by atoms with Gasteiger partial charge in [0.1, 0.15) is 0 Å². The maximum atomic E-state index is 10.9. The lowest BCUT2D eigenvalue weighted by atomic mass is 9.91. The second kappa shape index (κ2) is 6.76. The Kier molecular flexibility index (Phi) is 5.44. The molecule has 1 saturated heterocycles. The third kappa shape index (κ3) is 4.76. The summed E-state index contributed by atoms with van der Waals surface area (Å²) in [5.41, 5.74) is 0.682. The number of rotatable bonds is 4. The molecule has 0 amide bonds. The predicted octanol–water partition coefficient (Wildman–Crippen LogP) is 3.61. The van der Waals surface area contributed by atoms with Gasteiger partial charge in [0, 0.05) is 23.8 Å². The van der Waals surface area contributed by atoms with Crippen molar-refractivity contribution < 1.29 is 5.11 Å². The molecule has 120 valence electrons. The summed E-state index contributed by atoms with van der Waals surface area (Å²) in [6.07, 6.45) is 4.77. The molecule has 0 radical (unpaired) electrons. The fourth-order valence-electron chi connectivity index (χ4n) is 2.97. The van der Waals surface area contributed by atoms with Crippen LogP contribution in [0.25, 0.3) is 0 Å². The molecule has 1 aliphatic heterocycles. The van der Waals surface area contributed by atoms with Crippen LogP contribution in [0.1, 0.15) is 64.1 Å². The van der Waals surface area contributed by atoms with Gasteiger partial charge in [0.25, 0.3) is 0 Å². The second-order valence-corrected chi connectivity index (χ2v) is 8.42. The molecule has 0 saturated carbocycles. The van der Waals surface area contributed by atoms with Gasteiger partial charge in [0.2, 0.25) is 0 Å². The normalized spacial score (nSPS) is 25.0. The summed E-state index contributed by atoms with van der Waals surface area (Å²) >= 11 is 1.70. The molecule has 1 N–H and O–H groups in total. The minimum atomic E-state index is -0.560. The van der Waals surface area contributed by atoms with Crippen molar-refractivity contribution in [1.82, 2.24) is 9.88 Å². The molecule has 4 heteroatoms. The smallest absolute Gasteiger partial charge is 0.0957 e. The summed E-state index contributed by atoms with van der Waals surface area (Å²) in [6, 6.07) is 0. The van der Waals surface area contributed by atoms with E-state index in [2.05, 4.69) is 38.0 Å². The van der Waals surface area contributed by atoms with Crippen LogP contribution in [0.2, 0.25) is 0 Å². The van der Waals surface area contributed by atoms with Crippen molar-refractivity contribution in [3.63, 3.8) is 0 Å². The zero-order chi connectivity index (χ0) is 15.5. The number of thiazole rings is 1. The molecule has 1 unspecified atom stereocenters. The van der Waals surface area contributed by atoms with Gasteiger partial charge in [-0.05, 0) is 38.8 Å². The first-order valence-electron chi connectivity index (χ1n) is 8.22. The molecule has 1 atom stereocenters. The second-order valence-electron chi connectivity index (χ2n) is 7.47. The van der Waals surface area contributed by atoms with Gasteiger partial charge in [0.05, 0.1) is 16.3 Å². The predicted molar refractivity (Wildman–Crippen MR) is 90.0 cm³/mol. The minimum absolute atomic E-state index is 0.0960. The first-order chi connectivity index (χ1) is 9.82. The van der Waals surface area contributed by atoms with Crippen LogP contribution in [0.15, 0.2) is 5.38 Å². The van der Waals surface area contributed by atoms with Crippen molar-refractivity contribution in [2.24, 2.45) is 0 Å². The lowest BCUT2D eigenvalue weighted by molar-refractivity contribution is 0.0256. The zero-order valence-corrected chi connectivity index (χ0v) is 14.8. The van der Waals surface area contributed by atoms with E-state index in [0.29, 0.717) is 6.42 Å². The summed E-state index contributed by atoms with van der Waals surface area (Å²) in [6.45, 7) is 12.1. The van der Waals surface area contributed by atoms with Crippen LogP contribution in [-0.4, -0.2) is 40.2 Å². The molecule has 1 aliphatic rings. The monoisotopic (exact) mass is 310 g/mol. The van der Waals surface area contributed by atoms with Crippen LogP contribution in [-0.2, 0) is 11.8 Å². The molecule has 0 bridgehead atoms. The molecule has 2 heterocycles. The lowest BCUT2D eigenvalue weighted by Crippen LogP contribution is -2.33. The lowest BCUT2D eigenvalue weighted by Gasteiger charge is -2.26. The Morgan fingerprint density at radius 3 is 2.71 bits per heavy atom. The number of aromatic nitrogens is 1. The van der Waals surface area contributed by atoms with Crippen molar-refractivity contribution in [2.45, 2.75) is 70.8 Å². The van der Waals surface area contributed by atoms with Gasteiger partial charge < -0.3 is 10.0 Å². The van der Waals surface area contributed by atoms with E-state index in [1.165, 1.54) is 6.42 Å². The highest BCUT2D eigenvalue weighted by Gasteiger charge is 2.31. The van der Waals surface area contributed by atoms with E-state index in [1.54, 1.807) is 11.3 Å². The van der Waals surface area contributed by atoms with Gasteiger partial charge in [-0.1, -0.05) is 27.7 Å². The molecule has 3 nitrogen and oxygen atoms in total. The largest absolute Gasteiger partial charge is 0.389 e. The third-order valence-electron chi connectivity index (χ3n) is 4.35. The highest BCUT2D eigenvalue weighted by Crippen LogP contribution is 2.30. The summed E-state index contributed by atoms with van der Waals surface area (Å²) in [4.78, 5) is 7.24. The Morgan fingerprint density at radius 1 is 1.33 bits per heavy atom. The molecule has 2 rings (SSSR count). The molecule has 1 aromatic heterocycles. The number of aliphatic hydroxyl groups is 1. The summed E-state index contributed by atoms with van der Waals surface area (Å²) in [5, 5.41) is 14.2. The summed E-state index contributed by atoms with van der Waals surface area (Å²) in [5.74, 6) is 0. The molecular weight excluding hydrogens is 280 g/mol. The Morgan fingerprint density at radius 2 is 2.10 bits per heavy atom. The van der Waals surface area contributed by atoms with E-state index in [9.17, 15) is 5.11 Å². The number of hydrogen-bond donors (Lipinski definition) is 1. The molecule has 21 heavy (non-hydrogen) atoms. The quantitative estimate of drug-likeness (QED) is 0.923. The third-order valence-corrected chi connectivity index (χ3v) is 5.20. The molecular formula is C17H30N2OS. The van der Waals surface area contributed by atoms with E-state index >= 15 is 0 Å². The van der Waals surface area contributed by atoms with Crippen LogP contribution in [0.3, 0.4) is 0 Å². The summed E-state index contributed by atoms with van der Waals surface area (Å²) < 4.78 is 0. The van der Waals surface area contributed by atoms with Crippen LogP contribution < -0.4 is 0 Å². The van der Waals surface area contributed by atoms with Crippen molar-refractivity contribution in [2.75, 3.05) is 19.6 Å². The minimum Gasteiger partial charge on any atom is -0.389 e. The average Bonchev–Trinajstić information content (AvgIpc) is 2.77. The summed E-state index contributed by atoms with van der Waals surface area (Å²) in [7, 11) is 0. The average molecular weight is 311 g/mol. The SMILES string of the molecule is CCCN1CCCC(O)(Cc2nc(C(C)(C)C)cs2)CC1. The van der Waals surface area contributed by atoms with Gasteiger partial charge in [-0.15, -0.1) is 11.3 Å². The topological polar surface area (TPSA) is 36.4 Å². The highest BCUT2D eigenvalue weighted by molar-refractivity contribution is 7.09. The van der Waals surface area contributed by atoms with E-state index < -0.39 is 5.60 Å². The van der Waals surface area contributed by atoms with Crippen molar-refractivity contribution in [3.8, 4) is 0 Å². The van der Waals surface area contributed by atoms with E-state index in [0.717, 1.165) is 49.6 Å². The maximum absolute atomic E-state index is 10.9. The Balaban J connectivity index is 1.99. The van der Waals surface area contributed by atoms with Crippen LogP contribution in [0, 0.1) is 0 Å². The molecule has 0 aromatic carbocycles. The molecule has 0 aliphatic carbocycles. The molecule has 0 spiro atoms. The standard InChI is InChI=1S/C17H30N2OS/c1-5-9-19-10-6-7-17(20,8-11-19)12-15-18-14(13-21-15)16(2,3)4/h13,20H,5-12H2,1-4H3. The van der Waals surface area contributed by atoms with E-state index in [1.807, 2.05) is 0 Å². The van der Waals surface area contributed by atoms with Gasteiger partial charge in [-0.25, -0.2) is 4.98 Å². The molecule has 1 fully saturated rings. The number of hydrogen-bond acceptors (Lipinski definition) is 4. The van der Waals surface area contributed by atoms with Crippen LogP contribution >= 0.6 is 11.3 Å². The van der Waals surface area contributed by atoms with E-state index in [4.69, 9.17) is 4.98 Å². The van der Waals surface area contributed by atoms with Gasteiger partial charge in [0.15, 0.2) is 0 Å². The maximum Gasteiger partial charge on any atom is 0.0957 e. The van der Waals surface area contributed by atoms with Gasteiger partial charge in [-0.3, -0.25) is 0 Å². The van der Waals surface area contributed by atoms with Gasteiger partial charge in [-0.2, -0.15) is 0 Å². The number of nitrogens with zero attached hydrogens (tertiary/aromatic N) is 2.